The fraction of sp³-hybridized carbons (Fsp3) is 0.120. The first-order chi connectivity index (χ1) is 15.2. The van der Waals surface area contributed by atoms with E-state index in [1.807, 2.05) is 53.2 Å². The minimum absolute atomic E-state index is 0.176. The number of anilines is 1. The van der Waals surface area contributed by atoms with Crippen LogP contribution in [0.4, 0.5) is 5.95 Å². The number of aromatic nitrogens is 3. The zero-order chi connectivity index (χ0) is 20.9. The average molecular weight is 427 g/mol. The maximum absolute atomic E-state index is 6.66. The highest BCUT2D eigenvalue weighted by Gasteiger charge is 2.41. The molecule has 4 aromatic rings. The Labute approximate surface area is 185 Å². The number of nitrogens with one attached hydrogen (secondary N) is 1. The molecule has 2 atom stereocenters. The van der Waals surface area contributed by atoms with E-state index in [4.69, 9.17) is 16.3 Å². The van der Waals surface area contributed by atoms with Crippen LogP contribution in [-0.4, -0.2) is 14.8 Å². The number of benzene rings is 3. The van der Waals surface area contributed by atoms with Crippen LogP contribution in [0.5, 0.6) is 5.75 Å². The van der Waals surface area contributed by atoms with Crippen LogP contribution in [0.25, 0.3) is 5.70 Å². The summed E-state index contributed by atoms with van der Waals surface area (Å²) in [7, 11) is 0. The van der Waals surface area contributed by atoms with Crippen LogP contribution in [0, 0.1) is 6.92 Å². The van der Waals surface area contributed by atoms with Gasteiger partial charge in [-0.15, -0.1) is 0 Å². The number of hydrogen-bond acceptors (Lipinski definition) is 4. The van der Waals surface area contributed by atoms with Gasteiger partial charge in [-0.05, 0) is 30.7 Å². The molecule has 0 radical (unpaired) electrons. The van der Waals surface area contributed by atoms with Gasteiger partial charge >= 0.3 is 0 Å². The van der Waals surface area contributed by atoms with Gasteiger partial charge in [-0.2, -0.15) is 10.1 Å². The molecule has 2 aliphatic rings. The van der Waals surface area contributed by atoms with E-state index in [1.54, 1.807) is 6.33 Å². The molecule has 0 amide bonds. The van der Waals surface area contributed by atoms with Gasteiger partial charge in [-0.1, -0.05) is 71.8 Å². The fourth-order valence-electron chi connectivity index (χ4n) is 4.49. The molecule has 0 unspecified atom stereocenters. The maximum Gasteiger partial charge on any atom is 0.226 e. The van der Waals surface area contributed by atoms with Gasteiger partial charge in [-0.25, -0.2) is 4.68 Å². The van der Waals surface area contributed by atoms with E-state index >= 15 is 0 Å². The van der Waals surface area contributed by atoms with Crippen molar-refractivity contribution in [2.24, 2.45) is 0 Å². The predicted molar refractivity (Wildman–Crippen MR) is 121 cm³/mol. The molecular weight excluding hydrogens is 408 g/mol. The Balaban J connectivity index is 1.66. The topological polar surface area (TPSA) is 52.0 Å². The van der Waals surface area contributed by atoms with Crippen molar-refractivity contribution in [3.8, 4) is 5.75 Å². The molecule has 2 aliphatic heterocycles. The van der Waals surface area contributed by atoms with E-state index in [0.29, 0.717) is 11.0 Å². The minimum Gasteiger partial charge on any atom is -0.480 e. The molecular formula is C25H19ClN4O. The molecule has 1 N–H and O–H groups in total. The summed E-state index contributed by atoms with van der Waals surface area (Å²) in [6, 6.07) is 24.2. The van der Waals surface area contributed by atoms with Gasteiger partial charge < -0.3 is 10.1 Å². The monoisotopic (exact) mass is 426 g/mol. The highest BCUT2D eigenvalue weighted by Crippen LogP contribution is 2.51. The summed E-state index contributed by atoms with van der Waals surface area (Å²) in [4.78, 5) is 4.47. The standard InChI is InChI=1S/C25H19ClN4O/c1-15-11-12-20-18(13-15)22-21(24(31-20)17-9-5-6-10-19(17)26)23(16-7-3-2-4-8-16)30-25(29-22)27-14-28-30/h2-14,23-24H,1H3,(H,27,28,29)/t23-,24+/m0/s1. The van der Waals surface area contributed by atoms with Crippen molar-refractivity contribution in [3.63, 3.8) is 0 Å². The van der Waals surface area contributed by atoms with Crippen LogP contribution in [0.1, 0.15) is 34.4 Å². The third-order valence-electron chi connectivity index (χ3n) is 5.87. The molecule has 31 heavy (non-hydrogen) atoms. The largest absolute Gasteiger partial charge is 0.480 e. The van der Waals surface area contributed by atoms with Gasteiger partial charge in [0.25, 0.3) is 0 Å². The number of aryl methyl sites for hydroxylation is 1. The Hall–Kier alpha value is -3.57. The van der Waals surface area contributed by atoms with Crippen LogP contribution in [0.2, 0.25) is 5.02 Å². The molecule has 6 rings (SSSR count). The molecule has 6 heteroatoms. The molecule has 3 aromatic carbocycles. The van der Waals surface area contributed by atoms with Crippen LogP contribution in [0.15, 0.2) is 84.7 Å². The third kappa shape index (κ3) is 2.85. The lowest BCUT2D eigenvalue weighted by Crippen LogP contribution is -2.32. The van der Waals surface area contributed by atoms with Crippen molar-refractivity contribution in [2.45, 2.75) is 19.1 Å². The summed E-state index contributed by atoms with van der Waals surface area (Å²) in [5.41, 5.74) is 6.29. The van der Waals surface area contributed by atoms with Gasteiger partial charge in [0.15, 0.2) is 6.10 Å². The Morgan fingerprint density at radius 3 is 2.65 bits per heavy atom. The number of nitrogens with zero attached hydrogens (tertiary/aromatic N) is 3. The van der Waals surface area contributed by atoms with E-state index in [-0.39, 0.29) is 12.1 Å². The number of ether oxygens (including phenoxy) is 1. The van der Waals surface area contributed by atoms with Crippen LogP contribution in [-0.2, 0) is 0 Å². The van der Waals surface area contributed by atoms with Gasteiger partial charge in [0.2, 0.25) is 5.95 Å². The van der Waals surface area contributed by atoms with Gasteiger partial charge in [0.1, 0.15) is 18.1 Å². The van der Waals surface area contributed by atoms with Crippen molar-refractivity contribution in [2.75, 3.05) is 5.32 Å². The number of rotatable bonds is 2. The second-order valence-corrected chi connectivity index (χ2v) is 8.22. The van der Waals surface area contributed by atoms with E-state index in [0.717, 1.165) is 39.3 Å². The van der Waals surface area contributed by atoms with Crippen molar-refractivity contribution in [1.82, 2.24) is 14.8 Å². The molecule has 0 fully saturated rings. The normalized spacial score (nSPS) is 19.0. The van der Waals surface area contributed by atoms with Crippen LogP contribution in [0.3, 0.4) is 0 Å². The predicted octanol–water partition coefficient (Wildman–Crippen LogP) is 5.80. The molecule has 0 bridgehead atoms. The first kappa shape index (κ1) is 18.2. The maximum atomic E-state index is 6.66. The molecule has 0 aliphatic carbocycles. The molecule has 0 spiro atoms. The van der Waals surface area contributed by atoms with Crippen molar-refractivity contribution in [3.05, 3.63) is 112 Å². The number of fused-ring (bicyclic) bond motifs is 3. The fourth-order valence-corrected chi connectivity index (χ4v) is 4.72. The van der Waals surface area contributed by atoms with Gasteiger partial charge in [0.05, 0.1) is 5.70 Å². The lowest BCUT2D eigenvalue weighted by atomic mass is 9.84. The second-order valence-electron chi connectivity index (χ2n) is 7.82. The third-order valence-corrected chi connectivity index (χ3v) is 6.22. The van der Waals surface area contributed by atoms with Crippen molar-refractivity contribution in [1.29, 1.82) is 0 Å². The second kappa shape index (κ2) is 7.00. The molecule has 3 heterocycles. The van der Waals surface area contributed by atoms with E-state index in [2.05, 4.69) is 46.6 Å². The lowest BCUT2D eigenvalue weighted by molar-refractivity contribution is 0.223. The van der Waals surface area contributed by atoms with Crippen LogP contribution < -0.4 is 10.1 Å². The Morgan fingerprint density at radius 2 is 1.81 bits per heavy atom. The molecule has 152 valence electrons. The minimum atomic E-state index is -0.367. The Bertz CT molecular complexity index is 1330. The van der Waals surface area contributed by atoms with Gasteiger partial charge in [-0.3, -0.25) is 0 Å². The Kier molecular flexibility index (Phi) is 4.11. The molecule has 0 saturated carbocycles. The van der Waals surface area contributed by atoms with E-state index in [1.165, 1.54) is 0 Å². The quantitative estimate of drug-likeness (QED) is 0.440. The summed E-state index contributed by atoms with van der Waals surface area (Å²) in [5.74, 6) is 1.53. The smallest absolute Gasteiger partial charge is 0.226 e. The van der Waals surface area contributed by atoms with Crippen molar-refractivity contribution < 1.29 is 4.74 Å². The van der Waals surface area contributed by atoms with E-state index in [9.17, 15) is 0 Å². The lowest BCUT2D eigenvalue weighted by Gasteiger charge is -2.39. The van der Waals surface area contributed by atoms with Crippen molar-refractivity contribution >= 4 is 23.2 Å². The highest BCUT2D eigenvalue weighted by atomic mass is 35.5. The SMILES string of the molecule is Cc1ccc2c(c1)C1=C([C@H](c3ccccc3)n3ncnc3N1)[C@@H](c1ccccc1Cl)O2. The van der Waals surface area contributed by atoms with E-state index < -0.39 is 0 Å². The summed E-state index contributed by atoms with van der Waals surface area (Å²) in [5, 5.41) is 8.75. The first-order valence-electron chi connectivity index (χ1n) is 10.2. The highest BCUT2D eigenvalue weighted by molar-refractivity contribution is 6.31. The zero-order valence-electron chi connectivity index (χ0n) is 16.8. The molecule has 1 aromatic heterocycles. The first-order valence-corrected chi connectivity index (χ1v) is 10.6. The van der Waals surface area contributed by atoms with Crippen LogP contribution >= 0.6 is 11.6 Å². The summed E-state index contributed by atoms with van der Waals surface area (Å²) in [6.45, 7) is 2.08. The zero-order valence-corrected chi connectivity index (χ0v) is 17.5. The van der Waals surface area contributed by atoms with Gasteiger partial charge in [0, 0.05) is 21.7 Å². The number of hydrogen-bond donors (Lipinski definition) is 1. The molecule has 5 nitrogen and oxygen atoms in total. The Morgan fingerprint density at radius 1 is 1.00 bits per heavy atom. The number of halogens is 1. The summed E-state index contributed by atoms with van der Waals surface area (Å²) >= 11 is 6.66. The molecule has 0 saturated heterocycles. The summed E-state index contributed by atoms with van der Waals surface area (Å²) < 4.78 is 8.54. The summed E-state index contributed by atoms with van der Waals surface area (Å²) in [6.07, 6.45) is 1.22. The average Bonchev–Trinajstić information content (AvgIpc) is 3.27.